The van der Waals surface area contributed by atoms with Gasteiger partial charge in [0.15, 0.2) is 0 Å². The predicted molar refractivity (Wildman–Crippen MR) is 59.0 cm³/mol. The fraction of sp³-hybridized carbons (Fsp3) is 0.500. The van der Waals surface area contributed by atoms with Crippen LogP contribution in [0.15, 0.2) is 24.3 Å². The molecule has 0 fully saturated rings. The summed E-state index contributed by atoms with van der Waals surface area (Å²) in [6.45, 7) is 3.30. The van der Waals surface area contributed by atoms with Crippen molar-refractivity contribution in [1.29, 1.82) is 0 Å². The van der Waals surface area contributed by atoms with Crippen LogP contribution in [0.2, 0.25) is 0 Å². The van der Waals surface area contributed by atoms with Gasteiger partial charge in [-0.3, -0.25) is 0 Å². The van der Waals surface area contributed by atoms with Gasteiger partial charge in [-0.25, -0.2) is 4.39 Å². The van der Waals surface area contributed by atoms with Crippen molar-refractivity contribution in [3.05, 3.63) is 35.6 Å². The maximum absolute atomic E-state index is 12.9. The lowest BCUT2D eigenvalue weighted by atomic mass is 10.2. The van der Waals surface area contributed by atoms with Crippen LogP contribution in [0.25, 0.3) is 0 Å². The van der Waals surface area contributed by atoms with Crippen LogP contribution in [0.3, 0.4) is 0 Å². The molecule has 0 saturated heterocycles. The highest BCUT2D eigenvalue weighted by molar-refractivity contribution is 5.15. The molecule has 0 bridgehead atoms. The zero-order valence-electron chi connectivity index (χ0n) is 9.28. The number of aliphatic hydroxyl groups excluding tert-OH is 1. The molecule has 2 nitrogen and oxygen atoms in total. The summed E-state index contributed by atoms with van der Waals surface area (Å²) in [6, 6.07) is 6.60. The topological polar surface area (TPSA) is 23.5 Å². The maximum Gasteiger partial charge on any atom is 0.123 e. The van der Waals surface area contributed by atoms with E-state index >= 15 is 0 Å². The van der Waals surface area contributed by atoms with Gasteiger partial charge in [-0.15, -0.1) is 0 Å². The van der Waals surface area contributed by atoms with Crippen LogP contribution in [0.1, 0.15) is 18.9 Å². The van der Waals surface area contributed by atoms with Crippen molar-refractivity contribution in [3.8, 4) is 0 Å². The Morgan fingerprint density at radius 2 is 2.20 bits per heavy atom. The molecule has 1 N–H and O–H groups in total. The summed E-state index contributed by atoms with van der Waals surface area (Å²) in [4.78, 5) is 2.07. The molecular weight excluding hydrogens is 193 g/mol. The second kappa shape index (κ2) is 5.83. The number of benzene rings is 1. The molecule has 0 aliphatic carbocycles. The zero-order valence-corrected chi connectivity index (χ0v) is 9.28. The quantitative estimate of drug-likeness (QED) is 0.805. The Hall–Kier alpha value is -0.930. The van der Waals surface area contributed by atoms with Crippen LogP contribution in [0, 0.1) is 5.82 Å². The van der Waals surface area contributed by atoms with Crippen LogP contribution < -0.4 is 0 Å². The monoisotopic (exact) mass is 211 g/mol. The van der Waals surface area contributed by atoms with E-state index in [0.717, 1.165) is 18.5 Å². The smallest absolute Gasteiger partial charge is 0.123 e. The molecule has 1 aromatic carbocycles. The van der Waals surface area contributed by atoms with E-state index in [1.807, 2.05) is 13.1 Å². The first-order chi connectivity index (χ1) is 7.08. The summed E-state index contributed by atoms with van der Waals surface area (Å²) in [5, 5.41) is 9.12. The number of nitrogens with zero attached hydrogens (tertiary/aromatic N) is 1. The zero-order chi connectivity index (χ0) is 11.3. The van der Waals surface area contributed by atoms with E-state index in [4.69, 9.17) is 5.11 Å². The first-order valence-corrected chi connectivity index (χ1v) is 5.19. The number of rotatable bonds is 5. The van der Waals surface area contributed by atoms with E-state index in [1.54, 1.807) is 19.1 Å². The van der Waals surface area contributed by atoms with E-state index in [9.17, 15) is 4.39 Å². The van der Waals surface area contributed by atoms with Crippen LogP contribution in [-0.2, 0) is 6.54 Å². The molecule has 0 saturated carbocycles. The van der Waals surface area contributed by atoms with Gasteiger partial charge in [0, 0.05) is 13.1 Å². The molecular formula is C12H18FNO. The van der Waals surface area contributed by atoms with Crippen molar-refractivity contribution in [3.63, 3.8) is 0 Å². The van der Waals surface area contributed by atoms with Crippen molar-refractivity contribution in [1.82, 2.24) is 4.90 Å². The average Bonchev–Trinajstić information content (AvgIpc) is 2.15. The summed E-state index contributed by atoms with van der Waals surface area (Å²) in [5.74, 6) is -0.198. The average molecular weight is 211 g/mol. The number of halogens is 1. The third-order valence-corrected chi connectivity index (χ3v) is 2.27. The predicted octanol–water partition coefficient (Wildman–Crippen LogP) is 2.03. The van der Waals surface area contributed by atoms with Crippen molar-refractivity contribution >= 4 is 0 Å². The van der Waals surface area contributed by atoms with Gasteiger partial charge in [0.05, 0.1) is 6.10 Å². The molecule has 15 heavy (non-hydrogen) atoms. The lowest BCUT2D eigenvalue weighted by Gasteiger charge is -2.17. The summed E-state index contributed by atoms with van der Waals surface area (Å²) < 4.78 is 12.9. The second-order valence-electron chi connectivity index (χ2n) is 4.01. The van der Waals surface area contributed by atoms with Gasteiger partial charge in [-0.1, -0.05) is 12.1 Å². The van der Waals surface area contributed by atoms with Gasteiger partial charge in [-0.2, -0.15) is 0 Å². The fourth-order valence-electron chi connectivity index (χ4n) is 1.43. The molecule has 1 aromatic rings. The van der Waals surface area contributed by atoms with Gasteiger partial charge in [-0.05, 0) is 38.1 Å². The third kappa shape index (κ3) is 4.91. The Bertz CT molecular complexity index is 301. The second-order valence-corrected chi connectivity index (χ2v) is 4.01. The minimum Gasteiger partial charge on any atom is -0.393 e. The Morgan fingerprint density at radius 3 is 2.80 bits per heavy atom. The Balaban J connectivity index is 2.40. The summed E-state index contributed by atoms with van der Waals surface area (Å²) in [7, 11) is 1.97. The Kier molecular flexibility index (Phi) is 4.72. The molecule has 0 aliphatic heterocycles. The molecule has 0 aliphatic rings. The van der Waals surface area contributed by atoms with Gasteiger partial charge in [0.25, 0.3) is 0 Å². The highest BCUT2D eigenvalue weighted by Crippen LogP contribution is 2.06. The lowest BCUT2D eigenvalue weighted by molar-refractivity contribution is 0.163. The van der Waals surface area contributed by atoms with E-state index in [0.29, 0.717) is 6.54 Å². The SMILES string of the molecule is CC(O)CCN(C)Cc1cccc(F)c1. The minimum absolute atomic E-state index is 0.198. The minimum atomic E-state index is -0.278. The maximum atomic E-state index is 12.9. The van der Waals surface area contributed by atoms with E-state index in [2.05, 4.69) is 4.90 Å². The lowest BCUT2D eigenvalue weighted by Crippen LogP contribution is -2.22. The van der Waals surface area contributed by atoms with E-state index in [1.165, 1.54) is 6.07 Å². The summed E-state index contributed by atoms with van der Waals surface area (Å²) >= 11 is 0. The molecule has 0 spiro atoms. The number of hydrogen-bond donors (Lipinski definition) is 1. The molecule has 1 atom stereocenters. The highest BCUT2D eigenvalue weighted by atomic mass is 19.1. The van der Waals surface area contributed by atoms with Gasteiger partial charge in [0.2, 0.25) is 0 Å². The van der Waals surface area contributed by atoms with E-state index in [-0.39, 0.29) is 11.9 Å². The van der Waals surface area contributed by atoms with E-state index < -0.39 is 0 Å². The van der Waals surface area contributed by atoms with Crippen LogP contribution in [-0.4, -0.2) is 29.7 Å². The van der Waals surface area contributed by atoms with Crippen molar-refractivity contribution in [2.45, 2.75) is 26.0 Å². The van der Waals surface area contributed by atoms with Crippen molar-refractivity contribution in [2.24, 2.45) is 0 Å². The van der Waals surface area contributed by atoms with Gasteiger partial charge < -0.3 is 10.0 Å². The first kappa shape index (κ1) is 12.1. The molecule has 3 heteroatoms. The van der Waals surface area contributed by atoms with Crippen molar-refractivity contribution < 1.29 is 9.50 Å². The molecule has 1 unspecified atom stereocenters. The summed E-state index contributed by atoms with van der Waals surface area (Å²) in [5.41, 5.74) is 0.961. The molecule has 1 rings (SSSR count). The third-order valence-electron chi connectivity index (χ3n) is 2.27. The largest absolute Gasteiger partial charge is 0.393 e. The Labute approximate surface area is 90.3 Å². The molecule has 84 valence electrons. The van der Waals surface area contributed by atoms with Crippen LogP contribution in [0.5, 0.6) is 0 Å². The molecule has 0 amide bonds. The molecule has 0 aromatic heterocycles. The Morgan fingerprint density at radius 1 is 1.47 bits per heavy atom. The first-order valence-electron chi connectivity index (χ1n) is 5.19. The van der Waals surface area contributed by atoms with Crippen LogP contribution in [0.4, 0.5) is 4.39 Å². The van der Waals surface area contributed by atoms with Gasteiger partial charge in [0.1, 0.15) is 5.82 Å². The summed E-state index contributed by atoms with van der Waals surface area (Å²) in [6.07, 6.45) is 0.464. The normalized spacial score (nSPS) is 13.1. The molecule has 0 heterocycles. The number of hydrogen-bond acceptors (Lipinski definition) is 2. The van der Waals surface area contributed by atoms with Crippen LogP contribution >= 0.6 is 0 Å². The van der Waals surface area contributed by atoms with Gasteiger partial charge >= 0.3 is 0 Å². The van der Waals surface area contributed by atoms with Crippen molar-refractivity contribution in [2.75, 3.05) is 13.6 Å². The fourth-order valence-corrected chi connectivity index (χ4v) is 1.43. The highest BCUT2D eigenvalue weighted by Gasteiger charge is 2.03. The standard InChI is InChI=1S/C12H18FNO/c1-10(15)6-7-14(2)9-11-4-3-5-12(13)8-11/h3-5,8,10,15H,6-7,9H2,1-2H3. The number of aliphatic hydroxyl groups is 1. The molecule has 0 radical (unpaired) electrons.